The highest BCUT2D eigenvalue weighted by atomic mass is 16.6. The minimum atomic E-state index is -0.491. The maximum Gasteiger partial charge on any atom is 0.363 e. The van der Waals surface area contributed by atoms with E-state index in [2.05, 4.69) is 4.99 Å². The summed E-state index contributed by atoms with van der Waals surface area (Å²) in [5.41, 5.74) is 2.90. The van der Waals surface area contributed by atoms with Crippen molar-refractivity contribution >= 4 is 23.9 Å². The Balaban J connectivity index is 1.83. The first-order valence-corrected chi connectivity index (χ1v) is 7.39. The fourth-order valence-electron chi connectivity index (χ4n) is 2.18. The zero-order chi connectivity index (χ0) is 17.1. The number of rotatable bonds is 3. The van der Waals surface area contributed by atoms with Gasteiger partial charge >= 0.3 is 11.9 Å². The van der Waals surface area contributed by atoms with Crippen molar-refractivity contribution in [2.24, 2.45) is 4.99 Å². The van der Waals surface area contributed by atoms with Crippen LogP contribution in [0.2, 0.25) is 0 Å². The van der Waals surface area contributed by atoms with Gasteiger partial charge in [0.25, 0.3) is 0 Å². The minimum Gasteiger partial charge on any atom is -0.427 e. The molecule has 3 rings (SSSR count). The predicted octanol–water partition coefficient (Wildman–Crippen LogP) is 3.26. The molecule has 0 atom stereocenters. The first-order chi connectivity index (χ1) is 11.5. The van der Waals surface area contributed by atoms with E-state index in [-0.39, 0.29) is 11.6 Å². The molecule has 0 amide bonds. The predicted molar refractivity (Wildman–Crippen MR) is 89.5 cm³/mol. The number of aliphatic imine (C=N–C) groups is 1. The number of aryl methyl sites for hydroxylation is 1. The lowest BCUT2D eigenvalue weighted by molar-refractivity contribution is -0.132. The highest BCUT2D eigenvalue weighted by molar-refractivity contribution is 6.12. The van der Waals surface area contributed by atoms with Crippen LogP contribution in [-0.4, -0.2) is 17.8 Å². The zero-order valence-corrected chi connectivity index (χ0v) is 13.3. The van der Waals surface area contributed by atoms with E-state index in [0.717, 1.165) is 11.1 Å². The van der Waals surface area contributed by atoms with E-state index in [9.17, 15) is 9.59 Å². The van der Waals surface area contributed by atoms with Crippen molar-refractivity contribution in [3.05, 3.63) is 70.9 Å². The van der Waals surface area contributed by atoms with Crippen LogP contribution < -0.4 is 4.74 Å². The van der Waals surface area contributed by atoms with E-state index in [1.54, 1.807) is 30.3 Å². The number of esters is 2. The molecule has 0 unspecified atom stereocenters. The van der Waals surface area contributed by atoms with Gasteiger partial charge in [-0.2, -0.15) is 0 Å². The van der Waals surface area contributed by atoms with E-state index in [4.69, 9.17) is 9.47 Å². The number of benzene rings is 2. The number of carbonyl (C=O) groups is 2. The molecule has 1 aliphatic rings. The molecule has 0 aromatic heterocycles. The first-order valence-electron chi connectivity index (χ1n) is 7.39. The van der Waals surface area contributed by atoms with Crippen LogP contribution in [0.4, 0.5) is 0 Å². The Morgan fingerprint density at radius 3 is 2.38 bits per heavy atom. The molecule has 0 bridgehead atoms. The Morgan fingerprint density at radius 1 is 1.08 bits per heavy atom. The molecule has 0 fully saturated rings. The van der Waals surface area contributed by atoms with E-state index >= 15 is 0 Å². The van der Waals surface area contributed by atoms with Crippen LogP contribution in [0.1, 0.15) is 23.6 Å². The number of ether oxygens (including phenoxy) is 2. The van der Waals surface area contributed by atoms with Crippen LogP contribution in [0, 0.1) is 6.92 Å². The second-order valence-corrected chi connectivity index (χ2v) is 5.36. The Hall–Kier alpha value is -3.21. The molecule has 1 aliphatic heterocycles. The molecule has 0 radical (unpaired) electrons. The van der Waals surface area contributed by atoms with Gasteiger partial charge in [0, 0.05) is 12.5 Å². The highest BCUT2D eigenvalue weighted by Crippen LogP contribution is 2.21. The van der Waals surface area contributed by atoms with Gasteiger partial charge in [-0.15, -0.1) is 0 Å². The van der Waals surface area contributed by atoms with Gasteiger partial charge in [0.15, 0.2) is 5.70 Å². The lowest BCUT2D eigenvalue weighted by atomic mass is 10.1. The molecule has 2 aromatic rings. The van der Waals surface area contributed by atoms with E-state index in [1.807, 2.05) is 31.2 Å². The summed E-state index contributed by atoms with van der Waals surface area (Å²) in [6.45, 7) is 3.33. The highest BCUT2D eigenvalue weighted by Gasteiger charge is 2.24. The molecule has 5 heteroatoms. The van der Waals surface area contributed by atoms with Gasteiger partial charge < -0.3 is 9.47 Å². The molecule has 2 aromatic carbocycles. The molecule has 0 spiro atoms. The fourth-order valence-corrected chi connectivity index (χ4v) is 2.18. The average molecular weight is 321 g/mol. The van der Waals surface area contributed by atoms with Crippen molar-refractivity contribution in [1.29, 1.82) is 0 Å². The molecule has 5 nitrogen and oxygen atoms in total. The molecule has 0 aliphatic carbocycles. The smallest absolute Gasteiger partial charge is 0.363 e. The second-order valence-electron chi connectivity index (χ2n) is 5.36. The average Bonchev–Trinajstić information content (AvgIpc) is 2.91. The number of cyclic esters (lactones) is 1. The van der Waals surface area contributed by atoms with Crippen molar-refractivity contribution in [2.75, 3.05) is 0 Å². The zero-order valence-electron chi connectivity index (χ0n) is 13.3. The van der Waals surface area contributed by atoms with E-state index < -0.39 is 11.9 Å². The molecule has 0 N–H and O–H groups in total. The van der Waals surface area contributed by atoms with Crippen molar-refractivity contribution < 1.29 is 19.1 Å². The Labute approximate surface area is 139 Å². The van der Waals surface area contributed by atoms with Gasteiger partial charge in [0.2, 0.25) is 5.90 Å². The molecule has 1 heterocycles. The summed E-state index contributed by atoms with van der Waals surface area (Å²) < 4.78 is 10.2. The number of carbonyl (C=O) groups excluding carboxylic acids is 2. The SMILES string of the molecule is CC(=O)Oc1ccc(C2=N/C(=C/c3ccc(C)cc3)C(=O)O2)cc1. The lowest BCUT2D eigenvalue weighted by Gasteiger charge is -2.02. The summed E-state index contributed by atoms with van der Waals surface area (Å²) in [4.78, 5) is 27.1. The van der Waals surface area contributed by atoms with Gasteiger partial charge in [-0.3, -0.25) is 4.79 Å². The largest absolute Gasteiger partial charge is 0.427 e. The van der Waals surface area contributed by atoms with Crippen LogP contribution in [0.5, 0.6) is 5.75 Å². The third-order valence-corrected chi connectivity index (χ3v) is 3.36. The van der Waals surface area contributed by atoms with E-state index in [1.165, 1.54) is 6.92 Å². The molecular weight excluding hydrogens is 306 g/mol. The lowest BCUT2D eigenvalue weighted by Crippen LogP contribution is -2.06. The topological polar surface area (TPSA) is 65.0 Å². The first kappa shape index (κ1) is 15.7. The van der Waals surface area contributed by atoms with Gasteiger partial charge in [0.1, 0.15) is 5.75 Å². The third kappa shape index (κ3) is 3.57. The van der Waals surface area contributed by atoms with Crippen LogP contribution >= 0.6 is 0 Å². The van der Waals surface area contributed by atoms with Gasteiger partial charge in [-0.25, -0.2) is 9.79 Å². The second kappa shape index (κ2) is 6.50. The van der Waals surface area contributed by atoms with Crippen molar-refractivity contribution in [3.63, 3.8) is 0 Å². The summed E-state index contributed by atoms with van der Waals surface area (Å²) in [6.07, 6.45) is 1.68. The number of hydrogen-bond donors (Lipinski definition) is 0. The molecule has 24 heavy (non-hydrogen) atoms. The van der Waals surface area contributed by atoms with Gasteiger partial charge in [0.05, 0.1) is 0 Å². The summed E-state index contributed by atoms with van der Waals surface area (Å²) >= 11 is 0. The van der Waals surface area contributed by atoms with Crippen LogP contribution in [0.3, 0.4) is 0 Å². The van der Waals surface area contributed by atoms with Crippen molar-refractivity contribution in [3.8, 4) is 5.75 Å². The molecule has 120 valence electrons. The number of nitrogens with zero attached hydrogens (tertiary/aromatic N) is 1. The summed E-state index contributed by atoms with van der Waals surface area (Å²) in [5.74, 6) is -0.232. The van der Waals surface area contributed by atoms with Gasteiger partial charge in [-0.05, 0) is 42.8 Å². The van der Waals surface area contributed by atoms with Crippen LogP contribution in [0.25, 0.3) is 6.08 Å². The third-order valence-electron chi connectivity index (χ3n) is 3.36. The molecule has 0 saturated carbocycles. The molecule has 0 saturated heterocycles. The fraction of sp³-hybridized carbons (Fsp3) is 0.105. The minimum absolute atomic E-state index is 0.229. The monoisotopic (exact) mass is 321 g/mol. The Bertz CT molecular complexity index is 846. The Kier molecular flexibility index (Phi) is 4.24. The van der Waals surface area contributed by atoms with Crippen molar-refractivity contribution in [2.45, 2.75) is 13.8 Å². The standard InChI is InChI=1S/C19H15NO4/c1-12-3-5-14(6-4-12)11-17-19(22)24-18(20-17)15-7-9-16(10-8-15)23-13(2)21/h3-11H,1-2H3/b17-11+. The summed E-state index contributed by atoms with van der Waals surface area (Å²) in [7, 11) is 0. The maximum atomic E-state index is 12.0. The summed E-state index contributed by atoms with van der Waals surface area (Å²) in [5, 5.41) is 0. The molecular formula is C19H15NO4. The van der Waals surface area contributed by atoms with Crippen LogP contribution in [-0.2, 0) is 14.3 Å². The normalized spacial score (nSPS) is 15.2. The van der Waals surface area contributed by atoms with Gasteiger partial charge in [-0.1, -0.05) is 29.8 Å². The van der Waals surface area contributed by atoms with Crippen molar-refractivity contribution in [1.82, 2.24) is 0 Å². The summed E-state index contributed by atoms with van der Waals surface area (Å²) in [6, 6.07) is 14.4. The van der Waals surface area contributed by atoms with Crippen LogP contribution in [0.15, 0.2) is 59.2 Å². The Morgan fingerprint density at radius 2 is 1.75 bits per heavy atom. The maximum absolute atomic E-state index is 12.0. The quantitative estimate of drug-likeness (QED) is 0.494. The number of hydrogen-bond acceptors (Lipinski definition) is 5. The van der Waals surface area contributed by atoms with E-state index in [0.29, 0.717) is 11.3 Å².